The fourth-order valence-corrected chi connectivity index (χ4v) is 2.06. The van der Waals surface area contributed by atoms with Gasteiger partial charge in [-0.05, 0) is 25.7 Å². The molecule has 0 heterocycles. The molecule has 0 amide bonds. The van der Waals surface area contributed by atoms with Gasteiger partial charge in [0, 0.05) is 18.6 Å². The van der Waals surface area contributed by atoms with Gasteiger partial charge in [-0.2, -0.15) is 0 Å². The molecule has 0 radical (unpaired) electrons. The van der Waals surface area contributed by atoms with Crippen LogP contribution in [0.3, 0.4) is 0 Å². The summed E-state index contributed by atoms with van der Waals surface area (Å²) in [5.41, 5.74) is 5.56. The SMILES string of the molecule is CC1CCCC(NC(C)CN)C1. The molecular weight excluding hydrogens is 148 g/mol. The lowest BCUT2D eigenvalue weighted by Crippen LogP contribution is -2.42. The van der Waals surface area contributed by atoms with Gasteiger partial charge in [0.25, 0.3) is 0 Å². The van der Waals surface area contributed by atoms with Crippen molar-refractivity contribution in [1.82, 2.24) is 5.32 Å². The van der Waals surface area contributed by atoms with E-state index in [-0.39, 0.29) is 0 Å². The van der Waals surface area contributed by atoms with Gasteiger partial charge in [0.15, 0.2) is 0 Å². The molecule has 0 bridgehead atoms. The Bertz CT molecular complexity index is 125. The molecule has 0 aliphatic heterocycles. The Balaban J connectivity index is 2.22. The highest BCUT2D eigenvalue weighted by Gasteiger charge is 2.19. The Labute approximate surface area is 75.9 Å². The Hall–Kier alpha value is -0.0800. The van der Waals surface area contributed by atoms with Gasteiger partial charge in [-0.15, -0.1) is 0 Å². The van der Waals surface area contributed by atoms with Crippen molar-refractivity contribution < 1.29 is 0 Å². The van der Waals surface area contributed by atoms with Crippen LogP contribution in [0.25, 0.3) is 0 Å². The van der Waals surface area contributed by atoms with E-state index in [2.05, 4.69) is 19.2 Å². The van der Waals surface area contributed by atoms with Crippen LogP contribution in [0.1, 0.15) is 39.5 Å². The molecule has 0 saturated heterocycles. The molecule has 72 valence electrons. The molecule has 1 aliphatic rings. The standard InChI is InChI=1S/C10H22N2/c1-8-4-3-5-10(6-8)12-9(2)7-11/h8-10,12H,3-7,11H2,1-2H3. The van der Waals surface area contributed by atoms with E-state index >= 15 is 0 Å². The third kappa shape index (κ3) is 3.11. The Morgan fingerprint density at radius 2 is 2.25 bits per heavy atom. The van der Waals surface area contributed by atoms with Crippen LogP contribution in [0.5, 0.6) is 0 Å². The Morgan fingerprint density at radius 1 is 1.50 bits per heavy atom. The molecule has 2 heteroatoms. The molecule has 1 saturated carbocycles. The van der Waals surface area contributed by atoms with E-state index in [0.29, 0.717) is 6.04 Å². The molecule has 2 nitrogen and oxygen atoms in total. The van der Waals surface area contributed by atoms with Crippen LogP contribution >= 0.6 is 0 Å². The summed E-state index contributed by atoms with van der Waals surface area (Å²) >= 11 is 0. The number of hydrogen-bond acceptors (Lipinski definition) is 2. The lowest BCUT2D eigenvalue weighted by atomic mass is 9.87. The smallest absolute Gasteiger partial charge is 0.0164 e. The summed E-state index contributed by atoms with van der Waals surface area (Å²) in [7, 11) is 0. The lowest BCUT2D eigenvalue weighted by molar-refractivity contribution is 0.285. The Morgan fingerprint density at radius 3 is 2.83 bits per heavy atom. The summed E-state index contributed by atoms with van der Waals surface area (Å²) in [6, 6.07) is 1.22. The number of hydrogen-bond donors (Lipinski definition) is 2. The summed E-state index contributed by atoms with van der Waals surface area (Å²) in [4.78, 5) is 0. The quantitative estimate of drug-likeness (QED) is 0.673. The monoisotopic (exact) mass is 170 g/mol. The van der Waals surface area contributed by atoms with Crippen LogP contribution < -0.4 is 11.1 Å². The average Bonchev–Trinajstić information content (AvgIpc) is 2.04. The summed E-state index contributed by atoms with van der Waals surface area (Å²) in [6.07, 6.45) is 5.48. The molecule has 1 aliphatic carbocycles. The topological polar surface area (TPSA) is 38.0 Å². The van der Waals surface area contributed by atoms with Crippen molar-refractivity contribution in [3.8, 4) is 0 Å². The van der Waals surface area contributed by atoms with Gasteiger partial charge in [-0.3, -0.25) is 0 Å². The van der Waals surface area contributed by atoms with Crippen LogP contribution in [0, 0.1) is 5.92 Å². The van der Waals surface area contributed by atoms with Crippen molar-refractivity contribution in [2.75, 3.05) is 6.54 Å². The minimum atomic E-state index is 0.486. The predicted molar refractivity (Wildman–Crippen MR) is 53.1 cm³/mol. The zero-order valence-corrected chi connectivity index (χ0v) is 8.34. The largest absolute Gasteiger partial charge is 0.329 e. The highest BCUT2D eigenvalue weighted by molar-refractivity contribution is 4.78. The molecule has 0 spiro atoms. The minimum absolute atomic E-state index is 0.486. The minimum Gasteiger partial charge on any atom is -0.329 e. The molecule has 1 rings (SSSR count). The van der Waals surface area contributed by atoms with Crippen LogP contribution in [-0.4, -0.2) is 18.6 Å². The van der Waals surface area contributed by atoms with Crippen molar-refractivity contribution in [1.29, 1.82) is 0 Å². The molecule has 0 aromatic heterocycles. The van der Waals surface area contributed by atoms with E-state index in [1.54, 1.807) is 0 Å². The maximum atomic E-state index is 5.56. The first-order valence-corrected chi connectivity index (χ1v) is 5.18. The summed E-state index contributed by atoms with van der Waals surface area (Å²) in [5.74, 6) is 0.904. The molecule has 0 aromatic rings. The molecule has 3 atom stereocenters. The molecule has 1 fully saturated rings. The molecule has 3 unspecified atom stereocenters. The van der Waals surface area contributed by atoms with Gasteiger partial charge in [0.2, 0.25) is 0 Å². The van der Waals surface area contributed by atoms with Crippen molar-refractivity contribution in [3.05, 3.63) is 0 Å². The second kappa shape index (κ2) is 4.83. The maximum absolute atomic E-state index is 5.56. The van der Waals surface area contributed by atoms with Gasteiger partial charge < -0.3 is 11.1 Å². The summed E-state index contributed by atoms with van der Waals surface area (Å²) in [5, 5.41) is 3.57. The predicted octanol–water partition coefficient (Wildman–Crippen LogP) is 1.50. The van der Waals surface area contributed by atoms with Gasteiger partial charge in [-0.1, -0.05) is 19.8 Å². The molecule has 0 aromatic carbocycles. The summed E-state index contributed by atoms with van der Waals surface area (Å²) < 4.78 is 0. The Kier molecular flexibility index (Phi) is 4.02. The fourth-order valence-electron chi connectivity index (χ4n) is 2.06. The third-order valence-corrected chi connectivity index (χ3v) is 2.81. The first kappa shape index (κ1) is 10.0. The number of nitrogens with one attached hydrogen (secondary N) is 1. The molecular formula is C10H22N2. The highest BCUT2D eigenvalue weighted by Crippen LogP contribution is 2.23. The fraction of sp³-hybridized carbons (Fsp3) is 1.00. The van der Waals surface area contributed by atoms with E-state index in [4.69, 9.17) is 5.73 Å². The summed E-state index contributed by atoms with van der Waals surface area (Å²) in [6.45, 7) is 5.27. The van der Waals surface area contributed by atoms with Crippen LogP contribution in [-0.2, 0) is 0 Å². The van der Waals surface area contributed by atoms with Crippen molar-refractivity contribution in [2.24, 2.45) is 11.7 Å². The van der Waals surface area contributed by atoms with Gasteiger partial charge in [0.1, 0.15) is 0 Å². The molecule has 3 N–H and O–H groups in total. The van der Waals surface area contributed by atoms with Crippen LogP contribution in [0.4, 0.5) is 0 Å². The van der Waals surface area contributed by atoms with Crippen LogP contribution in [0.15, 0.2) is 0 Å². The van der Waals surface area contributed by atoms with Crippen molar-refractivity contribution in [3.63, 3.8) is 0 Å². The van der Waals surface area contributed by atoms with E-state index < -0.39 is 0 Å². The third-order valence-electron chi connectivity index (χ3n) is 2.81. The zero-order chi connectivity index (χ0) is 8.97. The van der Waals surface area contributed by atoms with Crippen molar-refractivity contribution >= 4 is 0 Å². The second-order valence-electron chi connectivity index (χ2n) is 4.27. The van der Waals surface area contributed by atoms with E-state index in [1.165, 1.54) is 25.7 Å². The van der Waals surface area contributed by atoms with Gasteiger partial charge >= 0.3 is 0 Å². The van der Waals surface area contributed by atoms with Crippen LogP contribution in [0.2, 0.25) is 0 Å². The van der Waals surface area contributed by atoms with E-state index in [1.807, 2.05) is 0 Å². The lowest BCUT2D eigenvalue weighted by Gasteiger charge is -2.29. The van der Waals surface area contributed by atoms with E-state index in [9.17, 15) is 0 Å². The van der Waals surface area contributed by atoms with E-state index in [0.717, 1.165) is 18.5 Å². The normalized spacial score (nSPS) is 33.2. The average molecular weight is 170 g/mol. The number of rotatable bonds is 3. The second-order valence-corrected chi connectivity index (χ2v) is 4.27. The molecule has 12 heavy (non-hydrogen) atoms. The number of nitrogens with two attached hydrogens (primary N) is 1. The first-order chi connectivity index (χ1) is 5.72. The van der Waals surface area contributed by atoms with Gasteiger partial charge in [0.05, 0.1) is 0 Å². The highest BCUT2D eigenvalue weighted by atomic mass is 15.0. The van der Waals surface area contributed by atoms with Crippen molar-refractivity contribution in [2.45, 2.75) is 51.6 Å². The zero-order valence-electron chi connectivity index (χ0n) is 8.34. The maximum Gasteiger partial charge on any atom is 0.0164 e. The van der Waals surface area contributed by atoms with Gasteiger partial charge in [-0.25, -0.2) is 0 Å². The first-order valence-electron chi connectivity index (χ1n) is 5.18.